The summed E-state index contributed by atoms with van der Waals surface area (Å²) in [5.74, 6) is 0.952. The number of methoxy groups -OCH3 is 2. The summed E-state index contributed by atoms with van der Waals surface area (Å²) in [6, 6.07) is 14.2. The Bertz CT molecular complexity index is 923. The third-order valence-corrected chi connectivity index (χ3v) is 6.14. The van der Waals surface area contributed by atoms with E-state index in [4.69, 9.17) is 9.47 Å². The van der Waals surface area contributed by atoms with Crippen LogP contribution in [0.1, 0.15) is 48.7 Å². The number of hydrogen-bond acceptors (Lipinski definition) is 5. The minimum atomic E-state index is -0.642. The number of rotatable bonds is 10. The highest BCUT2D eigenvalue weighted by Crippen LogP contribution is 2.31. The second-order valence-electron chi connectivity index (χ2n) is 8.67. The number of hydrogen-bond donors (Lipinski definition) is 2. The molecule has 2 atom stereocenters. The van der Waals surface area contributed by atoms with Gasteiger partial charge in [0.1, 0.15) is 17.5 Å². The first kappa shape index (κ1) is 24.6. The van der Waals surface area contributed by atoms with Crippen molar-refractivity contribution in [1.29, 1.82) is 0 Å². The first-order chi connectivity index (χ1) is 15.9. The summed E-state index contributed by atoms with van der Waals surface area (Å²) >= 11 is 0. The van der Waals surface area contributed by atoms with Gasteiger partial charge in [-0.2, -0.15) is 0 Å². The predicted octanol–water partition coefficient (Wildman–Crippen LogP) is 3.41. The van der Waals surface area contributed by atoms with Crippen molar-refractivity contribution < 1.29 is 19.1 Å². The molecular formula is C26H35N3O4. The molecule has 1 aliphatic heterocycles. The molecule has 0 aromatic heterocycles. The van der Waals surface area contributed by atoms with Gasteiger partial charge in [-0.1, -0.05) is 32.0 Å². The average molecular weight is 454 g/mol. The number of ether oxygens (including phenoxy) is 2. The number of benzene rings is 2. The molecule has 2 amide bonds. The van der Waals surface area contributed by atoms with Crippen molar-refractivity contribution in [1.82, 2.24) is 15.5 Å². The molecule has 0 saturated carbocycles. The Morgan fingerprint density at radius 2 is 1.64 bits per heavy atom. The molecule has 1 saturated heterocycles. The van der Waals surface area contributed by atoms with E-state index in [1.807, 2.05) is 32.0 Å². The second kappa shape index (κ2) is 11.7. The van der Waals surface area contributed by atoms with Crippen molar-refractivity contribution in [2.24, 2.45) is 5.92 Å². The van der Waals surface area contributed by atoms with Gasteiger partial charge in [-0.15, -0.1) is 0 Å². The number of carbonyl (C=O) groups excluding carboxylic acids is 2. The van der Waals surface area contributed by atoms with Crippen molar-refractivity contribution >= 4 is 11.8 Å². The Kier molecular flexibility index (Phi) is 8.72. The summed E-state index contributed by atoms with van der Waals surface area (Å²) < 4.78 is 10.7. The minimum absolute atomic E-state index is 0.0118. The molecule has 178 valence electrons. The van der Waals surface area contributed by atoms with Gasteiger partial charge in [-0.05, 0) is 62.2 Å². The van der Waals surface area contributed by atoms with Gasteiger partial charge in [0.25, 0.3) is 5.91 Å². The standard InChI is InChI=1S/C26H35N3O4/c1-18(2)24(28-25(30)19-11-13-20(32-3)14-12-19)26(31)27-17-22(29-15-7-8-16-29)21-9-5-6-10-23(21)33-4/h5-6,9-14,18,22,24H,7-8,15-17H2,1-4H3,(H,27,31)(H,28,30)/t22-,24-/m1/s1. The van der Waals surface area contributed by atoms with E-state index in [1.54, 1.807) is 38.5 Å². The smallest absolute Gasteiger partial charge is 0.251 e. The molecule has 33 heavy (non-hydrogen) atoms. The number of carbonyl (C=O) groups is 2. The first-order valence-electron chi connectivity index (χ1n) is 11.5. The molecule has 0 unspecified atom stereocenters. The molecule has 2 aromatic rings. The van der Waals surface area contributed by atoms with Gasteiger partial charge < -0.3 is 20.1 Å². The van der Waals surface area contributed by atoms with Crippen LogP contribution in [0.3, 0.4) is 0 Å². The van der Waals surface area contributed by atoms with Crippen LogP contribution in [0.2, 0.25) is 0 Å². The fraction of sp³-hybridized carbons (Fsp3) is 0.462. The van der Waals surface area contributed by atoms with Gasteiger partial charge in [0.05, 0.1) is 20.3 Å². The highest BCUT2D eigenvalue weighted by Gasteiger charge is 2.29. The first-order valence-corrected chi connectivity index (χ1v) is 11.5. The molecule has 0 radical (unpaired) electrons. The number of likely N-dealkylation sites (tertiary alicyclic amines) is 1. The van der Waals surface area contributed by atoms with Crippen LogP contribution in [0, 0.1) is 5.92 Å². The largest absolute Gasteiger partial charge is 0.497 e. The van der Waals surface area contributed by atoms with Crippen molar-refractivity contribution in [3.63, 3.8) is 0 Å². The topological polar surface area (TPSA) is 79.9 Å². The van der Waals surface area contributed by atoms with Crippen LogP contribution in [0.5, 0.6) is 11.5 Å². The fourth-order valence-electron chi connectivity index (χ4n) is 4.24. The molecule has 7 nitrogen and oxygen atoms in total. The highest BCUT2D eigenvalue weighted by molar-refractivity contribution is 5.97. The van der Waals surface area contributed by atoms with Crippen LogP contribution in [0.25, 0.3) is 0 Å². The summed E-state index contributed by atoms with van der Waals surface area (Å²) in [7, 11) is 3.25. The van der Waals surface area contributed by atoms with Crippen LogP contribution in [0.4, 0.5) is 0 Å². The summed E-state index contributed by atoms with van der Waals surface area (Å²) in [5, 5.41) is 5.99. The van der Waals surface area contributed by atoms with Gasteiger partial charge in [0.2, 0.25) is 5.91 Å². The fourth-order valence-corrected chi connectivity index (χ4v) is 4.24. The van der Waals surface area contributed by atoms with Crippen LogP contribution in [-0.2, 0) is 4.79 Å². The lowest BCUT2D eigenvalue weighted by Gasteiger charge is -2.30. The van der Waals surface area contributed by atoms with Gasteiger partial charge in [-0.25, -0.2) is 0 Å². The summed E-state index contributed by atoms with van der Waals surface area (Å²) in [6.45, 7) is 6.27. The third-order valence-electron chi connectivity index (χ3n) is 6.14. The zero-order valence-corrected chi connectivity index (χ0v) is 20.0. The van der Waals surface area contributed by atoms with Crippen LogP contribution in [-0.4, -0.2) is 56.6 Å². The Hall–Kier alpha value is -3.06. The Morgan fingerprint density at radius 1 is 0.970 bits per heavy atom. The molecule has 1 heterocycles. The third kappa shape index (κ3) is 6.26. The molecule has 2 N–H and O–H groups in total. The maximum absolute atomic E-state index is 13.2. The van der Waals surface area contributed by atoms with Crippen molar-refractivity contribution in [2.45, 2.75) is 38.8 Å². The predicted molar refractivity (Wildman–Crippen MR) is 129 cm³/mol. The number of amides is 2. The van der Waals surface area contributed by atoms with Gasteiger partial charge >= 0.3 is 0 Å². The minimum Gasteiger partial charge on any atom is -0.497 e. The van der Waals surface area contributed by atoms with Gasteiger partial charge in [-0.3, -0.25) is 14.5 Å². The average Bonchev–Trinajstić information content (AvgIpc) is 3.37. The van der Waals surface area contributed by atoms with E-state index in [2.05, 4.69) is 21.6 Å². The zero-order chi connectivity index (χ0) is 23.8. The highest BCUT2D eigenvalue weighted by atomic mass is 16.5. The molecule has 1 fully saturated rings. The van der Waals surface area contributed by atoms with E-state index in [1.165, 1.54) is 0 Å². The molecular weight excluding hydrogens is 418 g/mol. The summed E-state index contributed by atoms with van der Waals surface area (Å²) in [5.41, 5.74) is 1.55. The van der Waals surface area contributed by atoms with Crippen molar-refractivity contribution in [3.8, 4) is 11.5 Å². The molecule has 0 bridgehead atoms. The van der Waals surface area contributed by atoms with Crippen LogP contribution in [0.15, 0.2) is 48.5 Å². The van der Waals surface area contributed by atoms with Crippen LogP contribution >= 0.6 is 0 Å². The molecule has 2 aromatic carbocycles. The van der Waals surface area contributed by atoms with E-state index < -0.39 is 6.04 Å². The second-order valence-corrected chi connectivity index (χ2v) is 8.67. The van der Waals surface area contributed by atoms with E-state index >= 15 is 0 Å². The zero-order valence-electron chi connectivity index (χ0n) is 20.0. The van der Waals surface area contributed by atoms with Gasteiger partial charge in [0, 0.05) is 17.7 Å². The van der Waals surface area contributed by atoms with E-state index in [0.29, 0.717) is 17.9 Å². The molecule has 0 spiro atoms. The molecule has 1 aliphatic rings. The van der Waals surface area contributed by atoms with E-state index in [-0.39, 0.29) is 23.8 Å². The lowest BCUT2D eigenvalue weighted by Crippen LogP contribution is -2.51. The van der Waals surface area contributed by atoms with Crippen molar-refractivity contribution in [2.75, 3.05) is 33.9 Å². The maximum Gasteiger partial charge on any atom is 0.251 e. The summed E-state index contributed by atoms with van der Waals surface area (Å²) in [6.07, 6.45) is 2.29. The van der Waals surface area contributed by atoms with Crippen molar-refractivity contribution in [3.05, 3.63) is 59.7 Å². The molecule has 3 rings (SSSR count). The summed E-state index contributed by atoms with van der Waals surface area (Å²) in [4.78, 5) is 28.3. The number of para-hydroxylation sites is 1. The monoisotopic (exact) mass is 453 g/mol. The SMILES string of the molecule is COc1ccc(C(=O)N[C@@H](C(=O)NC[C@H](c2ccccc2OC)N2CCCC2)C(C)C)cc1. The van der Waals surface area contributed by atoms with E-state index in [0.717, 1.165) is 37.2 Å². The lowest BCUT2D eigenvalue weighted by atomic mass is 10.0. The number of nitrogens with zero attached hydrogens (tertiary/aromatic N) is 1. The quantitative estimate of drug-likeness (QED) is 0.576. The Morgan fingerprint density at radius 3 is 2.24 bits per heavy atom. The van der Waals surface area contributed by atoms with Gasteiger partial charge in [0.15, 0.2) is 0 Å². The van der Waals surface area contributed by atoms with E-state index in [9.17, 15) is 9.59 Å². The molecule has 0 aliphatic carbocycles. The maximum atomic E-state index is 13.2. The Labute approximate surface area is 196 Å². The molecule has 7 heteroatoms. The Balaban J connectivity index is 1.70. The number of nitrogens with one attached hydrogen (secondary N) is 2. The lowest BCUT2D eigenvalue weighted by molar-refractivity contribution is -0.124. The normalized spacial score (nSPS) is 15.7. The van der Waals surface area contributed by atoms with Crippen LogP contribution < -0.4 is 20.1 Å².